The van der Waals surface area contributed by atoms with E-state index in [0.29, 0.717) is 5.56 Å². The predicted octanol–water partition coefficient (Wildman–Crippen LogP) is 8.37. The van der Waals surface area contributed by atoms with Gasteiger partial charge in [0.15, 0.2) is 0 Å². The summed E-state index contributed by atoms with van der Waals surface area (Å²) in [7, 11) is 0. The third-order valence-corrected chi connectivity index (χ3v) is 7.58. The Morgan fingerprint density at radius 1 is 1.13 bits per heavy atom. The predicted molar refractivity (Wildman–Crippen MR) is 148 cm³/mol. The molecule has 1 amide bonds. The van der Waals surface area contributed by atoms with E-state index in [-0.39, 0.29) is 40.5 Å². The monoisotopic (exact) mass is 530 g/mol. The highest BCUT2D eigenvalue weighted by molar-refractivity contribution is 6.16. The molecule has 208 valence electrons. The van der Waals surface area contributed by atoms with Gasteiger partial charge in [-0.15, -0.1) is 0 Å². The van der Waals surface area contributed by atoms with Crippen molar-refractivity contribution in [2.75, 3.05) is 10.6 Å². The quantitative estimate of drug-likeness (QED) is 0.180. The normalized spacial score (nSPS) is 15.4. The van der Waals surface area contributed by atoms with Gasteiger partial charge in [0, 0.05) is 40.5 Å². The van der Waals surface area contributed by atoms with Crippen molar-refractivity contribution in [1.82, 2.24) is 4.98 Å². The SMILES string of the molecule is CCCCCC(CCC)Nc1cccc(C)c1C(=N)c1ccnc(NC(=O)C2CCC2)c1C(C)C(F)(F)F. The number of nitrogens with one attached hydrogen (secondary N) is 3. The lowest BCUT2D eigenvalue weighted by atomic mass is 9.84. The lowest BCUT2D eigenvalue weighted by molar-refractivity contribution is -0.146. The summed E-state index contributed by atoms with van der Waals surface area (Å²) < 4.78 is 42.2. The van der Waals surface area contributed by atoms with Crippen molar-refractivity contribution in [3.05, 3.63) is 52.7 Å². The topological polar surface area (TPSA) is 77.9 Å². The second kappa shape index (κ2) is 13.3. The summed E-state index contributed by atoms with van der Waals surface area (Å²) in [6, 6.07) is 7.34. The molecule has 38 heavy (non-hydrogen) atoms. The van der Waals surface area contributed by atoms with Gasteiger partial charge in [-0.3, -0.25) is 10.2 Å². The molecule has 0 aliphatic heterocycles. The van der Waals surface area contributed by atoms with Crippen molar-refractivity contribution in [3.63, 3.8) is 0 Å². The molecule has 1 heterocycles. The number of hydrogen-bond donors (Lipinski definition) is 3. The first kappa shape index (κ1) is 29.7. The fourth-order valence-corrected chi connectivity index (χ4v) is 5.03. The van der Waals surface area contributed by atoms with Crippen LogP contribution in [-0.2, 0) is 4.79 Å². The van der Waals surface area contributed by atoms with Gasteiger partial charge in [0.25, 0.3) is 0 Å². The van der Waals surface area contributed by atoms with Gasteiger partial charge in [-0.05, 0) is 57.2 Å². The molecule has 3 rings (SSSR count). The minimum atomic E-state index is -4.56. The number of alkyl halides is 3. The van der Waals surface area contributed by atoms with Gasteiger partial charge in [0.2, 0.25) is 5.91 Å². The lowest BCUT2D eigenvalue weighted by Crippen LogP contribution is -2.30. The van der Waals surface area contributed by atoms with Crippen molar-refractivity contribution in [2.45, 2.75) is 104 Å². The van der Waals surface area contributed by atoms with Crippen LogP contribution >= 0.6 is 0 Å². The van der Waals surface area contributed by atoms with Gasteiger partial charge in [-0.25, -0.2) is 4.98 Å². The van der Waals surface area contributed by atoms with Crippen LogP contribution in [0.4, 0.5) is 24.7 Å². The molecule has 3 N–H and O–H groups in total. The fourth-order valence-electron chi connectivity index (χ4n) is 5.03. The Bertz CT molecular complexity index is 1110. The fraction of sp³-hybridized carbons (Fsp3) is 0.567. The molecule has 0 bridgehead atoms. The van der Waals surface area contributed by atoms with E-state index >= 15 is 0 Å². The Balaban J connectivity index is 2.04. The number of amides is 1. The van der Waals surface area contributed by atoms with Crippen LogP contribution in [0.2, 0.25) is 0 Å². The third-order valence-electron chi connectivity index (χ3n) is 7.58. The second-order valence-corrected chi connectivity index (χ2v) is 10.5. The Hall–Kier alpha value is -2.90. The maximum absolute atomic E-state index is 14.1. The van der Waals surface area contributed by atoms with Crippen LogP contribution in [-0.4, -0.2) is 28.8 Å². The first-order valence-electron chi connectivity index (χ1n) is 13.9. The average molecular weight is 531 g/mol. The van der Waals surface area contributed by atoms with E-state index in [1.54, 1.807) is 0 Å². The van der Waals surface area contributed by atoms with Crippen LogP contribution in [0.3, 0.4) is 0 Å². The molecule has 0 radical (unpaired) electrons. The molecule has 2 atom stereocenters. The maximum atomic E-state index is 14.1. The highest BCUT2D eigenvalue weighted by Crippen LogP contribution is 2.41. The van der Waals surface area contributed by atoms with Gasteiger partial charge >= 0.3 is 6.18 Å². The van der Waals surface area contributed by atoms with E-state index in [9.17, 15) is 18.0 Å². The van der Waals surface area contributed by atoms with E-state index in [0.717, 1.165) is 76.0 Å². The Morgan fingerprint density at radius 3 is 2.47 bits per heavy atom. The smallest absolute Gasteiger partial charge is 0.382 e. The van der Waals surface area contributed by atoms with Gasteiger partial charge in [0.1, 0.15) is 5.82 Å². The van der Waals surface area contributed by atoms with Gasteiger partial charge < -0.3 is 10.6 Å². The van der Waals surface area contributed by atoms with Crippen molar-refractivity contribution in [2.24, 2.45) is 5.92 Å². The molecule has 1 aliphatic carbocycles. The van der Waals surface area contributed by atoms with E-state index in [2.05, 4.69) is 29.5 Å². The number of benzene rings is 1. The number of rotatable bonds is 13. The average Bonchev–Trinajstić information content (AvgIpc) is 2.82. The maximum Gasteiger partial charge on any atom is 0.395 e. The summed E-state index contributed by atoms with van der Waals surface area (Å²) >= 11 is 0. The Kier molecular flexibility index (Phi) is 10.3. The molecule has 1 aromatic carbocycles. The molecule has 0 spiro atoms. The molecule has 0 saturated heterocycles. The standard InChI is InChI=1S/C30H41F3N4O/c1-5-7-8-15-22(11-6-2)36-24-16-9-12-19(3)25(24)27(34)23-17-18-35-28(26(23)20(4)30(31,32)33)37-29(38)21-13-10-14-21/h9,12,16-18,20-22,34,36H,5-8,10-11,13-15H2,1-4H3,(H,35,37,38). The highest BCUT2D eigenvalue weighted by atomic mass is 19.4. The van der Waals surface area contributed by atoms with Crippen molar-refractivity contribution in [1.29, 1.82) is 5.41 Å². The van der Waals surface area contributed by atoms with Crippen molar-refractivity contribution < 1.29 is 18.0 Å². The van der Waals surface area contributed by atoms with E-state index in [1.807, 2.05) is 25.1 Å². The zero-order valence-electron chi connectivity index (χ0n) is 23.0. The zero-order chi connectivity index (χ0) is 27.9. The van der Waals surface area contributed by atoms with E-state index in [1.165, 1.54) is 12.3 Å². The van der Waals surface area contributed by atoms with Crippen LogP contribution in [0.15, 0.2) is 30.5 Å². The number of unbranched alkanes of at least 4 members (excludes halogenated alkanes) is 2. The summed E-state index contributed by atoms with van der Waals surface area (Å²) in [5.74, 6) is -2.54. The highest BCUT2D eigenvalue weighted by Gasteiger charge is 2.41. The van der Waals surface area contributed by atoms with Gasteiger partial charge in [0.05, 0.1) is 11.6 Å². The summed E-state index contributed by atoms with van der Waals surface area (Å²) in [6.45, 7) is 7.23. The van der Waals surface area contributed by atoms with Crippen LogP contribution in [0.1, 0.15) is 107 Å². The number of aromatic nitrogens is 1. The number of carbonyl (C=O) groups excluding carboxylic acids is 1. The summed E-state index contributed by atoms with van der Waals surface area (Å²) in [5, 5.41) is 15.4. The van der Waals surface area contributed by atoms with E-state index < -0.39 is 12.1 Å². The van der Waals surface area contributed by atoms with Gasteiger partial charge in [-0.1, -0.05) is 58.1 Å². The Labute approximate surface area is 224 Å². The third kappa shape index (κ3) is 7.14. The largest absolute Gasteiger partial charge is 0.395 e. The number of anilines is 2. The number of pyridine rings is 1. The molecule has 5 nitrogen and oxygen atoms in total. The molecule has 8 heteroatoms. The van der Waals surface area contributed by atoms with Gasteiger partial charge in [-0.2, -0.15) is 13.2 Å². The molecular formula is C30H41F3N4O. The minimum Gasteiger partial charge on any atom is -0.382 e. The minimum absolute atomic E-state index is 0.0120. The zero-order valence-corrected chi connectivity index (χ0v) is 23.0. The van der Waals surface area contributed by atoms with Crippen molar-refractivity contribution >= 4 is 23.1 Å². The molecule has 1 fully saturated rings. The summed E-state index contributed by atoms with van der Waals surface area (Å²) in [4.78, 5) is 16.8. The van der Waals surface area contributed by atoms with Crippen molar-refractivity contribution in [3.8, 4) is 0 Å². The van der Waals surface area contributed by atoms with Crippen LogP contribution in [0.25, 0.3) is 0 Å². The summed E-state index contributed by atoms with van der Waals surface area (Å²) in [6.07, 6.45) is 5.52. The van der Waals surface area contributed by atoms with Crippen LogP contribution in [0.5, 0.6) is 0 Å². The molecule has 2 unspecified atom stereocenters. The lowest BCUT2D eigenvalue weighted by Gasteiger charge is -2.27. The first-order valence-corrected chi connectivity index (χ1v) is 13.9. The molecule has 1 aliphatic rings. The molecular weight excluding hydrogens is 489 g/mol. The first-order chi connectivity index (χ1) is 18.1. The van der Waals surface area contributed by atoms with E-state index in [4.69, 9.17) is 5.41 Å². The number of aryl methyl sites for hydroxylation is 1. The Morgan fingerprint density at radius 2 is 1.87 bits per heavy atom. The number of carbonyl (C=O) groups is 1. The second-order valence-electron chi connectivity index (χ2n) is 10.5. The van der Waals surface area contributed by atoms with Crippen LogP contribution < -0.4 is 10.6 Å². The number of hydrogen-bond acceptors (Lipinski definition) is 4. The molecule has 1 aromatic heterocycles. The number of nitrogens with zero attached hydrogens (tertiary/aromatic N) is 1. The van der Waals surface area contributed by atoms with Crippen LogP contribution in [0, 0.1) is 18.3 Å². The molecule has 2 aromatic rings. The molecule has 1 saturated carbocycles. The summed E-state index contributed by atoms with van der Waals surface area (Å²) in [5.41, 5.74) is 2.06. The number of halogens is 3.